The summed E-state index contributed by atoms with van der Waals surface area (Å²) in [6.07, 6.45) is 1.65. The third-order valence-corrected chi connectivity index (χ3v) is 4.76. The van der Waals surface area contributed by atoms with E-state index >= 15 is 0 Å². The summed E-state index contributed by atoms with van der Waals surface area (Å²) in [7, 11) is 3.18. The normalized spacial score (nSPS) is 11.8. The van der Waals surface area contributed by atoms with Crippen LogP contribution in [-0.4, -0.2) is 34.2 Å². The number of ether oxygens (including phenoxy) is 2. The van der Waals surface area contributed by atoms with Crippen molar-refractivity contribution in [3.05, 3.63) is 60.3 Å². The van der Waals surface area contributed by atoms with Gasteiger partial charge in [-0.1, -0.05) is 30.3 Å². The number of hydrogen-bond acceptors (Lipinski definition) is 8. The summed E-state index contributed by atoms with van der Waals surface area (Å²) >= 11 is 0. The van der Waals surface area contributed by atoms with Gasteiger partial charge < -0.3 is 20.5 Å². The first kappa shape index (κ1) is 19.4. The van der Waals surface area contributed by atoms with Crippen molar-refractivity contribution in [3.63, 3.8) is 0 Å². The topological polar surface area (TPSA) is 108 Å². The van der Waals surface area contributed by atoms with E-state index in [9.17, 15) is 0 Å². The van der Waals surface area contributed by atoms with Gasteiger partial charge in [-0.2, -0.15) is 9.97 Å². The molecule has 4 aromatic rings. The van der Waals surface area contributed by atoms with Crippen molar-refractivity contribution in [3.8, 4) is 22.8 Å². The van der Waals surface area contributed by atoms with Gasteiger partial charge in [-0.05, 0) is 30.7 Å². The maximum atomic E-state index is 6.18. The van der Waals surface area contributed by atoms with Gasteiger partial charge in [0.05, 0.1) is 32.2 Å². The van der Waals surface area contributed by atoms with Crippen LogP contribution in [0.4, 0.5) is 11.8 Å². The van der Waals surface area contributed by atoms with Crippen molar-refractivity contribution >= 4 is 22.9 Å². The zero-order valence-corrected chi connectivity index (χ0v) is 17.0. The maximum absolute atomic E-state index is 6.18. The first-order valence-corrected chi connectivity index (χ1v) is 9.43. The fraction of sp³-hybridized carbons (Fsp3) is 0.182. The van der Waals surface area contributed by atoms with Crippen molar-refractivity contribution in [2.45, 2.75) is 13.0 Å². The second-order valence-electron chi connectivity index (χ2n) is 6.71. The van der Waals surface area contributed by atoms with Gasteiger partial charge in [0.25, 0.3) is 0 Å². The van der Waals surface area contributed by atoms with E-state index in [0.29, 0.717) is 34.3 Å². The molecular formula is C22H22N6O2. The molecule has 8 heteroatoms. The number of benzene rings is 2. The second-order valence-corrected chi connectivity index (χ2v) is 6.71. The van der Waals surface area contributed by atoms with Crippen LogP contribution in [0.25, 0.3) is 22.4 Å². The molecule has 0 amide bonds. The lowest BCUT2D eigenvalue weighted by Gasteiger charge is -2.15. The average molecular weight is 402 g/mol. The minimum Gasteiger partial charge on any atom is -0.493 e. The summed E-state index contributed by atoms with van der Waals surface area (Å²) in [6.45, 7) is 2.03. The molecular weight excluding hydrogens is 380 g/mol. The SMILES string of the molecule is COc1ccc(-c2cnc3nc(NC(C)c4ccccc4)nc(N)c3n2)cc1OC. The molecule has 3 N–H and O–H groups in total. The molecule has 30 heavy (non-hydrogen) atoms. The Morgan fingerprint density at radius 1 is 0.933 bits per heavy atom. The Labute approximate surface area is 174 Å². The minimum atomic E-state index is 0.0158. The van der Waals surface area contributed by atoms with Crippen molar-refractivity contribution < 1.29 is 9.47 Å². The van der Waals surface area contributed by atoms with Gasteiger partial charge >= 0.3 is 0 Å². The van der Waals surface area contributed by atoms with E-state index in [4.69, 9.17) is 15.2 Å². The lowest BCUT2D eigenvalue weighted by atomic mass is 10.1. The number of nitrogens with two attached hydrogens (primary N) is 1. The highest BCUT2D eigenvalue weighted by molar-refractivity contribution is 5.84. The van der Waals surface area contributed by atoms with E-state index in [0.717, 1.165) is 11.1 Å². The molecule has 0 aliphatic heterocycles. The highest BCUT2D eigenvalue weighted by Gasteiger charge is 2.14. The number of hydrogen-bond donors (Lipinski definition) is 2. The van der Waals surface area contributed by atoms with E-state index in [2.05, 4.69) is 25.3 Å². The Morgan fingerprint density at radius 3 is 2.43 bits per heavy atom. The first-order valence-electron chi connectivity index (χ1n) is 9.43. The molecule has 152 valence electrons. The number of rotatable bonds is 6. The number of fused-ring (bicyclic) bond motifs is 1. The Hall–Kier alpha value is -3.94. The minimum absolute atomic E-state index is 0.0158. The van der Waals surface area contributed by atoms with Crippen LogP contribution in [0.5, 0.6) is 11.5 Å². The second kappa shape index (κ2) is 8.20. The van der Waals surface area contributed by atoms with Crippen molar-refractivity contribution in [1.82, 2.24) is 19.9 Å². The molecule has 2 aromatic carbocycles. The van der Waals surface area contributed by atoms with Crippen molar-refractivity contribution in [2.75, 3.05) is 25.3 Å². The van der Waals surface area contributed by atoms with Gasteiger partial charge in [-0.15, -0.1) is 0 Å². The maximum Gasteiger partial charge on any atom is 0.227 e. The number of anilines is 2. The number of nitrogen functional groups attached to an aromatic ring is 1. The molecule has 0 spiro atoms. The zero-order chi connectivity index (χ0) is 21.1. The van der Waals surface area contributed by atoms with Crippen LogP contribution in [0.1, 0.15) is 18.5 Å². The molecule has 0 aliphatic carbocycles. The third kappa shape index (κ3) is 3.80. The van der Waals surface area contributed by atoms with Gasteiger partial charge in [0, 0.05) is 5.56 Å². The number of methoxy groups -OCH3 is 2. The van der Waals surface area contributed by atoms with Crippen molar-refractivity contribution in [1.29, 1.82) is 0 Å². The lowest BCUT2D eigenvalue weighted by molar-refractivity contribution is 0.355. The number of nitrogens with one attached hydrogen (secondary N) is 1. The highest BCUT2D eigenvalue weighted by Crippen LogP contribution is 2.32. The Balaban J connectivity index is 1.66. The van der Waals surface area contributed by atoms with Crippen molar-refractivity contribution in [2.24, 2.45) is 0 Å². The number of aromatic nitrogens is 4. The van der Waals surface area contributed by atoms with E-state index < -0.39 is 0 Å². The fourth-order valence-electron chi connectivity index (χ4n) is 3.15. The van der Waals surface area contributed by atoms with Gasteiger partial charge in [0.2, 0.25) is 5.95 Å². The van der Waals surface area contributed by atoms with Crippen LogP contribution < -0.4 is 20.5 Å². The van der Waals surface area contributed by atoms with Crippen LogP contribution >= 0.6 is 0 Å². The largest absolute Gasteiger partial charge is 0.493 e. The van der Waals surface area contributed by atoms with Gasteiger partial charge in [0.15, 0.2) is 28.5 Å². The van der Waals surface area contributed by atoms with E-state index in [1.54, 1.807) is 20.4 Å². The van der Waals surface area contributed by atoms with Gasteiger partial charge in [-0.25, -0.2) is 9.97 Å². The quantitative estimate of drug-likeness (QED) is 0.500. The fourth-order valence-corrected chi connectivity index (χ4v) is 3.15. The molecule has 4 rings (SSSR count). The average Bonchev–Trinajstić information content (AvgIpc) is 2.79. The van der Waals surface area contributed by atoms with Crippen LogP contribution in [0.3, 0.4) is 0 Å². The molecule has 0 saturated carbocycles. The molecule has 2 heterocycles. The lowest BCUT2D eigenvalue weighted by Crippen LogP contribution is -2.11. The third-order valence-electron chi connectivity index (χ3n) is 4.76. The zero-order valence-electron chi connectivity index (χ0n) is 17.0. The van der Waals surface area contributed by atoms with E-state index in [1.165, 1.54) is 0 Å². The molecule has 0 radical (unpaired) electrons. The Kier molecular flexibility index (Phi) is 5.30. The Morgan fingerprint density at radius 2 is 1.70 bits per heavy atom. The number of nitrogens with zero attached hydrogens (tertiary/aromatic N) is 4. The van der Waals surface area contributed by atoms with Crippen LogP contribution in [0.15, 0.2) is 54.7 Å². The summed E-state index contributed by atoms with van der Waals surface area (Å²) < 4.78 is 10.7. The van der Waals surface area contributed by atoms with Crippen LogP contribution in [-0.2, 0) is 0 Å². The highest BCUT2D eigenvalue weighted by atomic mass is 16.5. The Bertz CT molecular complexity index is 1180. The van der Waals surface area contributed by atoms with E-state index in [1.807, 2.05) is 55.5 Å². The summed E-state index contributed by atoms with van der Waals surface area (Å²) in [5, 5.41) is 3.26. The summed E-state index contributed by atoms with van der Waals surface area (Å²) in [5.41, 5.74) is 9.63. The predicted octanol–water partition coefficient (Wildman–Crippen LogP) is 3.86. The summed E-state index contributed by atoms with van der Waals surface area (Å²) in [6, 6.07) is 15.6. The van der Waals surface area contributed by atoms with Crippen LogP contribution in [0.2, 0.25) is 0 Å². The molecule has 8 nitrogen and oxygen atoms in total. The smallest absolute Gasteiger partial charge is 0.227 e. The molecule has 1 unspecified atom stereocenters. The van der Waals surface area contributed by atoms with Crippen LogP contribution in [0, 0.1) is 0 Å². The van der Waals surface area contributed by atoms with Gasteiger partial charge in [0.1, 0.15) is 0 Å². The monoisotopic (exact) mass is 402 g/mol. The molecule has 0 bridgehead atoms. The van der Waals surface area contributed by atoms with E-state index in [-0.39, 0.29) is 11.9 Å². The summed E-state index contributed by atoms with van der Waals surface area (Å²) in [5.74, 6) is 1.92. The first-order chi connectivity index (χ1) is 14.6. The molecule has 2 aromatic heterocycles. The molecule has 0 saturated heterocycles. The molecule has 1 atom stereocenters. The summed E-state index contributed by atoms with van der Waals surface area (Å²) in [4.78, 5) is 17.9. The molecule has 0 fully saturated rings. The standard InChI is InChI=1S/C22H22N6O2/c1-13(14-7-5-4-6-8-14)25-22-27-20(23)19-21(28-22)24-12-16(26-19)15-9-10-17(29-2)18(11-15)30-3/h4-13H,1-3H3,(H3,23,24,25,27,28). The van der Waals surface area contributed by atoms with Gasteiger partial charge in [-0.3, -0.25) is 0 Å². The molecule has 0 aliphatic rings. The predicted molar refractivity (Wildman–Crippen MR) is 117 cm³/mol.